The topological polar surface area (TPSA) is 63.7 Å². The maximum Gasteiger partial charge on any atom is 0.321 e. The molecule has 0 saturated carbocycles. The first-order chi connectivity index (χ1) is 9.95. The highest BCUT2D eigenvalue weighted by molar-refractivity contribution is 7.89. The molecule has 0 heterocycles. The monoisotopic (exact) mass is 313 g/mol. The molecule has 6 heteroatoms. The van der Waals surface area contributed by atoms with Crippen LogP contribution in [0.4, 0.5) is 0 Å². The van der Waals surface area contributed by atoms with Gasteiger partial charge in [-0.2, -0.15) is 4.31 Å². The zero-order valence-electron chi connectivity index (χ0n) is 12.8. The van der Waals surface area contributed by atoms with Crippen LogP contribution >= 0.6 is 0 Å². The van der Waals surface area contributed by atoms with E-state index >= 15 is 0 Å². The molecule has 118 valence electrons. The van der Waals surface area contributed by atoms with Gasteiger partial charge in [-0.25, -0.2) is 8.42 Å². The molecule has 5 nitrogen and oxygen atoms in total. The number of rotatable bonds is 8. The minimum Gasteiger partial charge on any atom is -0.465 e. The minimum atomic E-state index is -3.67. The van der Waals surface area contributed by atoms with Crippen molar-refractivity contribution < 1.29 is 17.9 Å². The van der Waals surface area contributed by atoms with Crippen LogP contribution in [0.25, 0.3) is 0 Å². The van der Waals surface area contributed by atoms with E-state index in [1.807, 2.05) is 13.8 Å². The van der Waals surface area contributed by atoms with E-state index in [1.165, 1.54) is 4.31 Å². The molecule has 0 N–H and O–H groups in total. The molecule has 0 fully saturated rings. The molecule has 0 amide bonds. The van der Waals surface area contributed by atoms with Crippen LogP contribution < -0.4 is 0 Å². The molecule has 0 bridgehead atoms. The van der Waals surface area contributed by atoms with Crippen molar-refractivity contribution in [2.45, 2.75) is 38.5 Å². The third-order valence-electron chi connectivity index (χ3n) is 3.05. The van der Waals surface area contributed by atoms with Gasteiger partial charge in [0.1, 0.15) is 6.54 Å². The van der Waals surface area contributed by atoms with E-state index in [0.29, 0.717) is 6.42 Å². The molecule has 0 spiro atoms. The summed E-state index contributed by atoms with van der Waals surface area (Å²) in [6.45, 7) is 5.85. The van der Waals surface area contributed by atoms with Crippen molar-refractivity contribution >= 4 is 16.0 Å². The van der Waals surface area contributed by atoms with E-state index in [0.717, 1.165) is 12.0 Å². The van der Waals surface area contributed by atoms with Gasteiger partial charge in [0, 0.05) is 6.54 Å². The van der Waals surface area contributed by atoms with Gasteiger partial charge in [-0.1, -0.05) is 26.0 Å². The first-order valence-corrected chi connectivity index (χ1v) is 8.64. The SMILES string of the molecule is CCCN(CC(=O)OCC)S(=O)(=O)c1ccc(CC)cc1. The summed E-state index contributed by atoms with van der Waals surface area (Å²) >= 11 is 0. The summed E-state index contributed by atoms with van der Waals surface area (Å²) in [6, 6.07) is 6.76. The Morgan fingerprint density at radius 2 is 1.76 bits per heavy atom. The predicted molar refractivity (Wildman–Crippen MR) is 81.5 cm³/mol. The molecular formula is C15H23NO4S. The van der Waals surface area contributed by atoms with Crippen molar-refractivity contribution in [3.05, 3.63) is 29.8 Å². The summed E-state index contributed by atoms with van der Waals surface area (Å²) in [7, 11) is -3.67. The second-order valence-electron chi connectivity index (χ2n) is 4.64. The third kappa shape index (κ3) is 4.82. The third-order valence-corrected chi connectivity index (χ3v) is 4.91. The normalized spacial score (nSPS) is 11.6. The van der Waals surface area contributed by atoms with Crippen molar-refractivity contribution in [3.8, 4) is 0 Å². The number of benzene rings is 1. The van der Waals surface area contributed by atoms with Gasteiger partial charge >= 0.3 is 5.97 Å². The fourth-order valence-electron chi connectivity index (χ4n) is 1.93. The molecule has 0 saturated heterocycles. The number of carbonyl (C=O) groups excluding carboxylic acids is 1. The summed E-state index contributed by atoms with van der Waals surface area (Å²) in [6.07, 6.45) is 1.48. The number of esters is 1. The van der Waals surface area contributed by atoms with Crippen LogP contribution in [0.1, 0.15) is 32.8 Å². The fraction of sp³-hybridized carbons (Fsp3) is 0.533. The van der Waals surface area contributed by atoms with Crippen molar-refractivity contribution in [1.29, 1.82) is 0 Å². The Labute approximate surface area is 127 Å². The molecule has 0 aliphatic heterocycles. The Morgan fingerprint density at radius 1 is 1.14 bits per heavy atom. The van der Waals surface area contributed by atoms with E-state index in [-0.39, 0.29) is 24.6 Å². The lowest BCUT2D eigenvalue weighted by Gasteiger charge is -2.20. The van der Waals surface area contributed by atoms with Gasteiger partial charge in [0.05, 0.1) is 11.5 Å². The summed E-state index contributed by atoms with van der Waals surface area (Å²) < 4.78 is 31.2. The number of nitrogens with zero attached hydrogens (tertiary/aromatic N) is 1. The highest BCUT2D eigenvalue weighted by Crippen LogP contribution is 2.17. The molecular weight excluding hydrogens is 290 g/mol. The summed E-state index contributed by atoms with van der Waals surface area (Å²) in [4.78, 5) is 11.8. The number of hydrogen-bond donors (Lipinski definition) is 0. The number of ether oxygens (including phenoxy) is 1. The van der Waals surface area contributed by atoms with Gasteiger partial charge in [0.25, 0.3) is 0 Å². The zero-order valence-corrected chi connectivity index (χ0v) is 13.6. The van der Waals surface area contributed by atoms with Crippen molar-refractivity contribution in [2.75, 3.05) is 19.7 Å². The maximum atomic E-state index is 12.6. The Bertz CT molecular complexity index is 552. The lowest BCUT2D eigenvalue weighted by Crippen LogP contribution is -2.37. The van der Waals surface area contributed by atoms with Gasteiger partial charge < -0.3 is 4.74 Å². The van der Waals surface area contributed by atoms with Gasteiger partial charge in [0.2, 0.25) is 10.0 Å². The molecule has 21 heavy (non-hydrogen) atoms. The largest absolute Gasteiger partial charge is 0.465 e. The molecule has 0 aliphatic rings. The Kier molecular flexibility index (Phi) is 6.84. The van der Waals surface area contributed by atoms with Gasteiger partial charge in [-0.3, -0.25) is 4.79 Å². The smallest absolute Gasteiger partial charge is 0.321 e. The first-order valence-electron chi connectivity index (χ1n) is 7.20. The van der Waals surface area contributed by atoms with E-state index < -0.39 is 16.0 Å². The van der Waals surface area contributed by atoms with Gasteiger partial charge in [-0.15, -0.1) is 0 Å². The molecule has 0 unspecified atom stereocenters. The number of hydrogen-bond acceptors (Lipinski definition) is 4. The first kappa shape index (κ1) is 17.7. The lowest BCUT2D eigenvalue weighted by molar-refractivity contribution is -0.143. The highest BCUT2D eigenvalue weighted by Gasteiger charge is 2.26. The Morgan fingerprint density at radius 3 is 2.24 bits per heavy atom. The number of carbonyl (C=O) groups is 1. The fourth-order valence-corrected chi connectivity index (χ4v) is 3.41. The van der Waals surface area contributed by atoms with Crippen LogP contribution in [-0.4, -0.2) is 38.4 Å². The lowest BCUT2D eigenvalue weighted by atomic mass is 10.2. The Balaban J connectivity index is 2.99. The van der Waals surface area contributed by atoms with Gasteiger partial charge in [-0.05, 0) is 37.5 Å². The van der Waals surface area contributed by atoms with Crippen LogP contribution in [0.5, 0.6) is 0 Å². The van der Waals surface area contributed by atoms with Crippen molar-refractivity contribution in [1.82, 2.24) is 4.31 Å². The average molecular weight is 313 g/mol. The maximum absolute atomic E-state index is 12.6. The molecule has 0 aliphatic carbocycles. The van der Waals surface area contributed by atoms with Crippen LogP contribution in [0.3, 0.4) is 0 Å². The van der Waals surface area contributed by atoms with E-state index in [2.05, 4.69) is 0 Å². The molecule has 0 aromatic heterocycles. The number of sulfonamides is 1. The van der Waals surface area contributed by atoms with Crippen molar-refractivity contribution in [2.24, 2.45) is 0 Å². The Hall–Kier alpha value is -1.40. The van der Waals surface area contributed by atoms with Crippen LogP contribution in [-0.2, 0) is 26.0 Å². The minimum absolute atomic E-state index is 0.206. The van der Waals surface area contributed by atoms with E-state index in [9.17, 15) is 13.2 Å². The zero-order chi connectivity index (χ0) is 15.9. The second-order valence-corrected chi connectivity index (χ2v) is 6.58. The highest BCUT2D eigenvalue weighted by atomic mass is 32.2. The van der Waals surface area contributed by atoms with Crippen LogP contribution in [0.2, 0.25) is 0 Å². The van der Waals surface area contributed by atoms with Crippen LogP contribution in [0.15, 0.2) is 29.2 Å². The quantitative estimate of drug-likeness (QED) is 0.690. The molecule has 0 radical (unpaired) electrons. The average Bonchev–Trinajstić information content (AvgIpc) is 2.47. The summed E-state index contributed by atoms with van der Waals surface area (Å²) in [5, 5.41) is 0. The van der Waals surface area contributed by atoms with Gasteiger partial charge in [0.15, 0.2) is 0 Å². The predicted octanol–water partition coefficient (Wildman–Crippen LogP) is 2.21. The molecule has 1 aromatic rings. The molecule has 0 atom stereocenters. The molecule has 1 rings (SSSR count). The van der Waals surface area contributed by atoms with E-state index in [4.69, 9.17) is 4.74 Å². The second kappa shape index (κ2) is 8.14. The number of aryl methyl sites for hydroxylation is 1. The van der Waals surface area contributed by atoms with E-state index in [1.54, 1.807) is 31.2 Å². The van der Waals surface area contributed by atoms with Crippen molar-refractivity contribution in [3.63, 3.8) is 0 Å². The van der Waals surface area contributed by atoms with Crippen LogP contribution in [0, 0.1) is 0 Å². The molecule has 1 aromatic carbocycles. The summed E-state index contributed by atoms with van der Waals surface area (Å²) in [5.41, 5.74) is 1.07. The standard InChI is InChI=1S/C15H23NO4S/c1-4-11-16(12-15(17)20-6-3)21(18,19)14-9-7-13(5-2)8-10-14/h7-10H,4-6,11-12H2,1-3H3. The summed E-state index contributed by atoms with van der Waals surface area (Å²) in [5.74, 6) is -0.528.